The molecule has 0 aliphatic rings. The van der Waals surface area contributed by atoms with Crippen molar-refractivity contribution in [2.24, 2.45) is 0 Å². The molecule has 0 bridgehead atoms. The lowest BCUT2D eigenvalue weighted by atomic mass is 10.2. The molecule has 0 fully saturated rings. The van der Waals surface area contributed by atoms with Crippen LogP contribution in [0.4, 0.5) is 4.39 Å². The maximum absolute atomic E-state index is 13.1. The van der Waals surface area contributed by atoms with Gasteiger partial charge in [-0.1, -0.05) is 18.2 Å². The Hall–Kier alpha value is -2.16. The van der Waals surface area contributed by atoms with E-state index in [0.29, 0.717) is 6.54 Å². The van der Waals surface area contributed by atoms with Crippen molar-refractivity contribution in [1.82, 2.24) is 9.55 Å². The van der Waals surface area contributed by atoms with Crippen LogP contribution < -0.4 is 0 Å². The van der Waals surface area contributed by atoms with Gasteiger partial charge in [-0.25, -0.2) is 9.37 Å². The lowest BCUT2D eigenvalue weighted by Gasteiger charge is -2.04. The summed E-state index contributed by atoms with van der Waals surface area (Å²) in [4.78, 5) is 4.37. The monoisotopic (exact) mass is 240 g/mol. The lowest BCUT2D eigenvalue weighted by Crippen LogP contribution is -1.98. The minimum Gasteiger partial charge on any atom is -0.326 e. The molecule has 0 amide bonds. The van der Waals surface area contributed by atoms with Gasteiger partial charge in [0.25, 0.3) is 0 Å². The van der Waals surface area contributed by atoms with Gasteiger partial charge in [-0.15, -0.1) is 0 Å². The van der Waals surface area contributed by atoms with Gasteiger partial charge in [-0.05, 0) is 42.3 Å². The van der Waals surface area contributed by atoms with Gasteiger partial charge in [0, 0.05) is 6.54 Å². The predicted octanol–water partition coefficient (Wildman–Crippen LogP) is 3.53. The zero-order valence-electron chi connectivity index (χ0n) is 10.1. The molecule has 0 radical (unpaired) electrons. The number of nitrogens with zero attached hydrogens (tertiary/aromatic N) is 2. The quantitative estimate of drug-likeness (QED) is 0.670. The molecule has 1 heterocycles. The molecule has 0 N–H and O–H groups in total. The largest absolute Gasteiger partial charge is 0.326 e. The van der Waals surface area contributed by atoms with Crippen LogP contribution in [0.25, 0.3) is 11.0 Å². The fraction of sp³-hybridized carbons (Fsp3) is 0.133. The molecule has 0 unspecified atom stereocenters. The van der Waals surface area contributed by atoms with Crippen LogP contribution in [0.3, 0.4) is 0 Å². The zero-order chi connectivity index (χ0) is 12.5. The highest BCUT2D eigenvalue weighted by molar-refractivity contribution is 5.76. The fourth-order valence-corrected chi connectivity index (χ4v) is 2.13. The summed E-state index contributed by atoms with van der Waals surface area (Å²) in [5.41, 5.74) is 4.18. The van der Waals surface area contributed by atoms with Crippen LogP contribution in [0.5, 0.6) is 0 Å². The molecule has 3 heteroatoms. The Bertz CT molecular complexity index is 701. The molecular weight excluding hydrogens is 227 g/mol. The SMILES string of the molecule is Cc1ccc2c(c1)ncn2Cc1cccc(F)c1. The van der Waals surface area contributed by atoms with Crippen LogP contribution in [-0.4, -0.2) is 9.55 Å². The van der Waals surface area contributed by atoms with Gasteiger partial charge in [0.15, 0.2) is 0 Å². The highest BCUT2D eigenvalue weighted by atomic mass is 19.1. The van der Waals surface area contributed by atoms with E-state index in [1.165, 1.54) is 11.6 Å². The smallest absolute Gasteiger partial charge is 0.123 e. The number of hydrogen-bond donors (Lipinski definition) is 0. The van der Waals surface area contributed by atoms with Gasteiger partial charge in [0.2, 0.25) is 0 Å². The molecule has 0 aliphatic carbocycles. The van der Waals surface area contributed by atoms with Crippen molar-refractivity contribution in [3.05, 3.63) is 65.7 Å². The average Bonchev–Trinajstić information content (AvgIpc) is 2.72. The van der Waals surface area contributed by atoms with E-state index in [0.717, 1.165) is 16.6 Å². The first-order chi connectivity index (χ1) is 8.72. The normalized spacial score (nSPS) is 11.0. The second-order valence-electron chi connectivity index (χ2n) is 4.49. The van der Waals surface area contributed by atoms with Crippen molar-refractivity contribution in [2.75, 3.05) is 0 Å². The molecule has 2 nitrogen and oxygen atoms in total. The number of fused-ring (bicyclic) bond motifs is 1. The molecule has 1 aromatic heterocycles. The van der Waals surface area contributed by atoms with E-state index in [4.69, 9.17) is 0 Å². The average molecular weight is 240 g/mol. The first-order valence-corrected chi connectivity index (χ1v) is 5.88. The highest BCUT2D eigenvalue weighted by Crippen LogP contribution is 2.16. The van der Waals surface area contributed by atoms with Crippen LogP contribution >= 0.6 is 0 Å². The standard InChI is InChI=1S/C15H13FN2/c1-11-5-6-15-14(7-11)17-10-18(15)9-12-3-2-4-13(16)8-12/h2-8,10H,9H2,1H3. The third-order valence-corrected chi connectivity index (χ3v) is 3.02. The molecule has 2 aromatic carbocycles. The van der Waals surface area contributed by atoms with Crippen LogP contribution in [0, 0.1) is 12.7 Å². The number of hydrogen-bond acceptors (Lipinski definition) is 1. The van der Waals surface area contributed by atoms with Crippen molar-refractivity contribution in [3.63, 3.8) is 0 Å². The molecule has 0 aliphatic heterocycles. The van der Waals surface area contributed by atoms with Crippen molar-refractivity contribution < 1.29 is 4.39 Å². The minimum absolute atomic E-state index is 0.201. The summed E-state index contributed by atoms with van der Waals surface area (Å²) >= 11 is 0. The van der Waals surface area contributed by atoms with Crippen LogP contribution in [0.1, 0.15) is 11.1 Å². The first kappa shape index (κ1) is 11.0. The summed E-state index contributed by atoms with van der Waals surface area (Å²) < 4.78 is 15.2. The second-order valence-corrected chi connectivity index (χ2v) is 4.49. The van der Waals surface area contributed by atoms with Gasteiger partial charge in [-0.3, -0.25) is 0 Å². The third-order valence-electron chi connectivity index (χ3n) is 3.02. The summed E-state index contributed by atoms with van der Waals surface area (Å²) in [5.74, 6) is -0.201. The van der Waals surface area contributed by atoms with E-state index in [-0.39, 0.29) is 5.82 Å². The Kier molecular flexibility index (Phi) is 2.59. The summed E-state index contributed by atoms with van der Waals surface area (Å²) in [5, 5.41) is 0. The number of imidazole rings is 1. The molecule has 18 heavy (non-hydrogen) atoms. The lowest BCUT2D eigenvalue weighted by molar-refractivity contribution is 0.624. The topological polar surface area (TPSA) is 17.8 Å². The molecule has 0 saturated heterocycles. The van der Waals surface area contributed by atoms with Gasteiger partial charge < -0.3 is 4.57 Å². The van der Waals surface area contributed by atoms with Gasteiger partial charge in [-0.2, -0.15) is 0 Å². The second kappa shape index (κ2) is 4.26. The Morgan fingerprint density at radius 3 is 2.89 bits per heavy atom. The maximum atomic E-state index is 13.1. The summed E-state index contributed by atoms with van der Waals surface area (Å²) in [6, 6.07) is 12.8. The number of rotatable bonds is 2. The van der Waals surface area contributed by atoms with Gasteiger partial charge in [0.05, 0.1) is 17.4 Å². The molecule has 0 atom stereocenters. The third kappa shape index (κ3) is 1.99. The molecular formula is C15H13FN2. The fourth-order valence-electron chi connectivity index (χ4n) is 2.13. The van der Waals surface area contributed by atoms with Crippen molar-refractivity contribution in [2.45, 2.75) is 13.5 Å². The molecule has 3 rings (SSSR count). The summed E-state index contributed by atoms with van der Waals surface area (Å²) in [6.45, 7) is 2.68. The molecule has 3 aromatic rings. The van der Waals surface area contributed by atoms with E-state index in [9.17, 15) is 4.39 Å². The highest BCUT2D eigenvalue weighted by Gasteiger charge is 2.03. The Morgan fingerprint density at radius 1 is 1.17 bits per heavy atom. The number of halogens is 1. The zero-order valence-corrected chi connectivity index (χ0v) is 10.1. The summed E-state index contributed by atoms with van der Waals surface area (Å²) in [6.07, 6.45) is 1.80. The van der Waals surface area contributed by atoms with Crippen LogP contribution in [0.15, 0.2) is 48.8 Å². The Morgan fingerprint density at radius 2 is 2.06 bits per heavy atom. The predicted molar refractivity (Wildman–Crippen MR) is 70.0 cm³/mol. The van der Waals surface area contributed by atoms with Gasteiger partial charge >= 0.3 is 0 Å². The van der Waals surface area contributed by atoms with Crippen molar-refractivity contribution >= 4 is 11.0 Å². The van der Waals surface area contributed by atoms with E-state index < -0.39 is 0 Å². The molecule has 90 valence electrons. The van der Waals surface area contributed by atoms with Gasteiger partial charge in [0.1, 0.15) is 5.82 Å². The van der Waals surface area contributed by atoms with E-state index in [1.54, 1.807) is 18.5 Å². The minimum atomic E-state index is -0.201. The van der Waals surface area contributed by atoms with E-state index in [1.807, 2.05) is 17.6 Å². The van der Waals surface area contributed by atoms with Crippen molar-refractivity contribution in [1.29, 1.82) is 0 Å². The number of benzene rings is 2. The Balaban J connectivity index is 2.00. The summed E-state index contributed by atoms with van der Waals surface area (Å²) in [7, 11) is 0. The van der Waals surface area contributed by atoms with E-state index >= 15 is 0 Å². The first-order valence-electron chi connectivity index (χ1n) is 5.88. The molecule has 0 spiro atoms. The van der Waals surface area contributed by atoms with Crippen LogP contribution in [-0.2, 0) is 6.54 Å². The number of aryl methyl sites for hydroxylation is 1. The Labute approximate surface area is 105 Å². The van der Waals surface area contributed by atoms with Crippen molar-refractivity contribution in [3.8, 4) is 0 Å². The maximum Gasteiger partial charge on any atom is 0.123 e. The van der Waals surface area contributed by atoms with Crippen LogP contribution in [0.2, 0.25) is 0 Å². The van der Waals surface area contributed by atoms with E-state index in [2.05, 4.69) is 23.2 Å². The number of aromatic nitrogens is 2. The molecule has 0 saturated carbocycles.